The minimum atomic E-state index is -0.710. The van der Waals surface area contributed by atoms with Gasteiger partial charge in [-0.3, -0.25) is 14.2 Å². The molecule has 0 radical (unpaired) electrons. The van der Waals surface area contributed by atoms with Crippen LogP contribution in [-0.2, 0) is 13.6 Å². The fourth-order valence-electron chi connectivity index (χ4n) is 3.97. The quantitative estimate of drug-likeness (QED) is 0.432. The predicted molar refractivity (Wildman–Crippen MR) is 128 cm³/mol. The molecule has 5 rings (SSSR count). The topological polar surface area (TPSA) is 90.0 Å². The summed E-state index contributed by atoms with van der Waals surface area (Å²) < 4.78 is 17.1. The molecule has 0 atom stereocenters. The molecule has 0 amide bonds. The van der Waals surface area contributed by atoms with E-state index in [2.05, 4.69) is 56.6 Å². The second kappa shape index (κ2) is 8.51. The highest BCUT2D eigenvalue weighted by Gasteiger charge is 2.15. The lowest BCUT2D eigenvalue weighted by molar-refractivity contribution is 0.590. The first-order valence-electron chi connectivity index (χ1n) is 10.7. The van der Waals surface area contributed by atoms with Gasteiger partial charge >= 0.3 is 0 Å². The number of hydrogen-bond acceptors (Lipinski definition) is 6. The van der Waals surface area contributed by atoms with Crippen LogP contribution in [0.1, 0.15) is 16.8 Å². The Morgan fingerprint density at radius 2 is 1.88 bits per heavy atom. The van der Waals surface area contributed by atoms with Crippen LogP contribution in [0.25, 0.3) is 27.9 Å². The number of pyridine rings is 1. The molecule has 0 saturated carbocycles. The van der Waals surface area contributed by atoms with Crippen molar-refractivity contribution >= 4 is 11.5 Å². The lowest BCUT2D eigenvalue weighted by Gasteiger charge is -2.11. The van der Waals surface area contributed by atoms with Gasteiger partial charge in [0, 0.05) is 25.5 Å². The first kappa shape index (κ1) is 21.4. The molecule has 1 N–H and O–H groups in total. The molecule has 1 aromatic carbocycles. The summed E-state index contributed by atoms with van der Waals surface area (Å²) in [5, 5.41) is 7.01. The molecular weight excluding hydrogens is 433 g/mol. The Balaban J connectivity index is 1.38. The number of halogens is 1. The normalized spacial score (nSPS) is 11.2. The van der Waals surface area contributed by atoms with E-state index in [9.17, 15) is 9.18 Å². The maximum atomic E-state index is 14.3. The van der Waals surface area contributed by atoms with Gasteiger partial charge < -0.3 is 5.32 Å². The number of anilines is 1. The van der Waals surface area contributed by atoms with Crippen molar-refractivity contribution in [3.8, 4) is 22.4 Å². The molecule has 0 aliphatic rings. The predicted octanol–water partition coefficient (Wildman–Crippen LogP) is 3.92. The van der Waals surface area contributed by atoms with Gasteiger partial charge in [0.15, 0.2) is 5.82 Å². The van der Waals surface area contributed by atoms with Gasteiger partial charge in [-0.1, -0.05) is 18.2 Å². The summed E-state index contributed by atoms with van der Waals surface area (Å²) in [5.41, 5.74) is 5.84. The van der Waals surface area contributed by atoms with E-state index in [0.717, 1.165) is 27.7 Å². The Labute approximate surface area is 194 Å². The molecule has 0 bridgehead atoms. The Kier molecular flexibility index (Phi) is 5.37. The third-order valence-electron chi connectivity index (χ3n) is 5.72. The fourth-order valence-corrected chi connectivity index (χ4v) is 3.97. The summed E-state index contributed by atoms with van der Waals surface area (Å²) in [7, 11) is 1.47. The van der Waals surface area contributed by atoms with E-state index < -0.39 is 11.4 Å². The van der Waals surface area contributed by atoms with Gasteiger partial charge in [0.25, 0.3) is 5.56 Å². The smallest absolute Gasteiger partial charge is 0.278 e. The molecule has 0 aliphatic carbocycles. The van der Waals surface area contributed by atoms with Crippen LogP contribution in [0, 0.1) is 19.7 Å². The lowest BCUT2D eigenvalue weighted by atomic mass is 9.98. The van der Waals surface area contributed by atoms with Crippen LogP contribution in [0.5, 0.6) is 0 Å². The summed E-state index contributed by atoms with van der Waals surface area (Å²) >= 11 is 0. The largest absolute Gasteiger partial charge is 0.351 e. The highest BCUT2D eigenvalue weighted by molar-refractivity contribution is 5.68. The van der Waals surface area contributed by atoms with Crippen LogP contribution in [0.3, 0.4) is 0 Å². The van der Waals surface area contributed by atoms with Crippen molar-refractivity contribution in [2.24, 2.45) is 7.05 Å². The zero-order chi connectivity index (χ0) is 23.8. The van der Waals surface area contributed by atoms with Crippen molar-refractivity contribution in [3.05, 3.63) is 94.3 Å². The van der Waals surface area contributed by atoms with Gasteiger partial charge in [-0.15, -0.1) is 0 Å². The standard InChI is InChI=1S/C25H22FN7O/c1-15-8-17(4-5-20(15)18-6-7-27-16(2)9-18)11-28-25-29-12-19-10-22(30-14-33(19)25)23-21(26)13-31-32(3)24(23)34/h4-10,12-14H,11H2,1-3H3,(H,28,29). The summed E-state index contributed by atoms with van der Waals surface area (Å²) in [4.78, 5) is 25.3. The number of hydrogen-bond donors (Lipinski definition) is 1. The van der Waals surface area contributed by atoms with Crippen molar-refractivity contribution in [2.75, 3.05) is 5.32 Å². The third-order valence-corrected chi connectivity index (χ3v) is 5.72. The highest BCUT2D eigenvalue weighted by Crippen LogP contribution is 2.25. The van der Waals surface area contributed by atoms with Crippen LogP contribution in [0.2, 0.25) is 0 Å². The Bertz CT molecular complexity index is 1590. The van der Waals surface area contributed by atoms with Crippen LogP contribution in [0.15, 0.2) is 66.1 Å². The van der Waals surface area contributed by atoms with Gasteiger partial charge in [0.1, 0.15) is 11.9 Å². The van der Waals surface area contributed by atoms with E-state index >= 15 is 0 Å². The molecule has 0 aliphatic heterocycles. The van der Waals surface area contributed by atoms with Crippen LogP contribution in [0.4, 0.5) is 10.3 Å². The molecule has 0 spiro atoms. The van der Waals surface area contributed by atoms with Crippen LogP contribution < -0.4 is 10.9 Å². The van der Waals surface area contributed by atoms with Crippen LogP contribution >= 0.6 is 0 Å². The fraction of sp³-hybridized carbons (Fsp3) is 0.160. The van der Waals surface area contributed by atoms with E-state index in [4.69, 9.17) is 0 Å². The van der Waals surface area contributed by atoms with E-state index in [1.165, 1.54) is 24.5 Å². The first-order chi connectivity index (χ1) is 16.4. The second-order valence-electron chi connectivity index (χ2n) is 8.14. The molecule has 170 valence electrons. The number of nitrogens with one attached hydrogen (secondary N) is 1. The number of nitrogens with zero attached hydrogens (tertiary/aromatic N) is 6. The average molecular weight is 455 g/mol. The van der Waals surface area contributed by atoms with E-state index in [1.807, 2.05) is 19.2 Å². The summed E-state index contributed by atoms with van der Waals surface area (Å²) in [6.45, 7) is 4.64. The van der Waals surface area contributed by atoms with Crippen molar-refractivity contribution in [1.29, 1.82) is 0 Å². The van der Waals surface area contributed by atoms with E-state index in [1.54, 1.807) is 16.7 Å². The first-order valence-corrected chi connectivity index (χ1v) is 10.7. The molecule has 5 aromatic rings. The van der Waals surface area contributed by atoms with Gasteiger partial charge in [0.05, 0.1) is 23.6 Å². The SMILES string of the molecule is Cc1cc(-c2ccc(CNc3ncc4cc(-c5c(F)cnn(C)c5=O)ncn34)cc2C)ccn1. The third kappa shape index (κ3) is 3.92. The summed E-state index contributed by atoms with van der Waals surface area (Å²) in [5.74, 6) is -0.109. The number of aromatic nitrogens is 6. The Morgan fingerprint density at radius 3 is 2.68 bits per heavy atom. The number of rotatable bonds is 5. The van der Waals surface area contributed by atoms with Gasteiger partial charge in [-0.25, -0.2) is 19.0 Å². The summed E-state index contributed by atoms with van der Waals surface area (Å²) in [6.07, 6.45) is 6.01. The number of benzene rings is 1. The summed E-state index contributed by atoms with van der Waals surface area (Å²) in [6, 6.07) is 12.1. The zero-order valence-corrected chi connectivity index (χ0v) is 19.0. The highest BCUT2D eigenvalue weighted by atomic mass is 19.1. The molecule has 4 aromatic heterocycles. The minimum absolute atomic E-state index is 0.115. The van der Waals surface area contributed by atoms with Gasteiger partial charge in [0.2, 0.25) is 5.95 Å². The van der Waals surface area contributed by atoms with Crippen molar-refractivity contribution in [2.45, 2.75) is 20.4 Å². The van der Waals surface area contributed by atoms with Crippen LogP contribution in [-0.4, -0.2) is 29.1 Å². The van der Waals surface area contributed by atoms with Crippen molar-refractivity contribution in [1.82, 2.24) is 29.1 Å². The van der Waals surface area contributed by atoms with E-state index in [-0.39, 0.29) is 11.3 Å². The number of imidazole rings is 1. The van der Waals surface area contributed by atoms with Gasteiger partial charge in [-0.05, 0) is 54.3 Å². The molecule has 8 nitrogen and oxygen atoms in total. The average Bonchev–Trinajstić information content (AvgIpc) is 3.23. The molecule has 34 heavy (non-hydrogen) atoms. The Morgan fingerprint density at radius 1 is 1.03 bits per heavy atom. The molecule has 0 fully saturated rings. The van der Waals surface area contributed by atoms with E-state index in [0.29, 0.717) is 18.0 Å². The second-order valence-corrected chi connectivity index (χ2v) is 8.14. The molecule has 0 saturated heterocycles. The molecule has 0 unspecified atom stereocenters. The minimum Gasteiger partial charge on any atom is -0.351 e. The molecule has 9 heteroatoms. The molecule has 4 heterocycles. The monoisotopic (exact) mass is 455 g/mol. The number of aryl methyl sites for hydroxylation is 3. The van der Waals surface area contributed by atoms with Crippen molar-refractivity contribution < 1.29 is 4.39 Å². The maximum absolute atomic E-state index is 14.3. The lowest BCUT2D eigenvalue weighted by Crippen LogP contribution is -2.22. The molecular formula is C25H22FN7O. The Hall–Kier alpha value is -4.40. The van der Waals surface area contributed by atoms with Gasteiger partial charge in [-0.2, -0.15) is 5.10 Å². The number of fused-ring (bicyclic) bond motifs is 1. The van der Waals surface area contributed by atoms with Crippen molar-refractivity contribution in [3.63, 3.8) is 0 Å². The maximum Gasteiger partial charge on any atom is 0.278 e. The zero-order valence-electron chi connectivity index (χ0n) is 19.0.